The third-order valence-electron chi connectivity index (χ3n) is 4.63. The molecule has 0 radical (unpaired) electrons. The number of hydrogen-bond donors (Lipinski definition) is 1. The topological polar surface area (TPSA) is 38.5 Å². The second-order valence-corrected chi connectivity index (χ2v) is 6.06. The van der Waals surface area contributed by atoms with Crippen LogP contribution in [-0.4, -0.2) is 43.8 Å². The average molecular weight is 240 g/mol. The Balaban J connectivity index is 1.64. The van der Waals surface area contributed by atoms with Gasteiger partial charge in [-0.15, -0.1) is 0 Å². The summed E-state index contributed by atoms with van der Waals surface area (Å²) in [5.74, 6) is 0.787. The first-order valence-corrected chi connectivity index (χ1v) is 7.22. The smallest absolute Gasteiger partial charge is 0.0491 e. The molecule has 3 nitrogen and oxygen atoms in total. The van der Waals surface area contributed by atoms with E-state index < -0.39 is 0 Å². The molecule has 100 valence electrons. The number of piperidine rings is 1. The van der Waals surface area contributed by atoms with Gasteiger partial charge in [-0.2, -0.15) is 0 Å². The Morgan fingerprint density at radius 2 is 1.88 bits per heavy atom. The second-order valence-electron chi connectivity index (χ2n) is 6.06. The van der Waals surface area contributed by atoms with Crippen molar-refractivity contribution in [2.75, 3.05) is 33.4 Å². The van der Waals surface area contributed by atoms with Crippen molar-refractivity contribution in [2.45, 2.75) is 50.5 Å². The highest BCUT2D eigenvalue weighted by Crippen LogP contribution is 2.30. The maximum Gasteiger partial charge on any atom is 0.0491 e. The number of nitrogens with two attached hydrogens (primary N) is 1. The summed E-state index contributed by atoms with van der Waals surface area (Å²) >= 11 is 0. The molecule has 0 aromatic heterocycles. The van der Waals surface area contributed by atoms with Crippen LogP contribution in [0.3, 0.4) is 0 Å². The summed E-state index contributed by atoms with van der Waals surface area (Å²) in [5.41, 5.74) is 6.57. The molecule has 0 atom stereocenters. The SMILES string of the molecule is COCC1CCN(CCC2(N)CCCC2)CC1. The van der Waals surface area contributed by atoms with Crippen LogP contribution >= 0.6 is 0 Å². The summed E-state index contributed by atoms with van der Waals surface area (Å²) in [4.78, 5) is 2.60. The van der Waals surface area contributed by atoms with Crippen LogP contribution in [0.2, 0.25) is 0 Å². The van der Waals surface area contributed by atoms with Gasteiger partial charge in [0.25, 0.3) is 0 Å². The maximum absolute atomic E-state index is 6.40. The number of methoxy groups -OCH3 is 1. The summed E-state index contributed by atoms with van der Waals surface area (Å²) < 4.78 is 5.24. The molecule has 0 spiro atoms. The molecule has 1 aliphatic carbocycles. The van der Waals surface area contributed by atoms with Crippen LogP contribution in [0.4, 0.5) is 0 Å². The van der Waals surface area contributed by atoms with Crippen LogP contribution in [0, 0.1) is 5.92 Å². The first-order valence-electron chi connectivity index (χ1n) is 7.22. The Morgan fingerprint density at radius 1 is 1.24 bits per heavy atom. The lowest BCUT2D eigenvalue weighted by atomic mass is 9.93. The minimum atomic E-state index is 0.170. The van der Waals surface area contributed by atoms with Gasteiger partial charge in [0.1, 0.15) is 0 Å². The van der Waals surface area contributed by atoms with Crippen LogP contribution < -0.4 is 5.73 Å². The van der Waals surface area contributed by atoms with Crippen LogP contribution in [0.15, 0.2) is 0 Å². The van der Waals surface area contributed by atoms with E-state index in [0.717, 1.165) is 12.5 Å². The van der Waals surface area contributed by atoms with E-state index in [0.29, 0.717) is 0 Å². The van der Waals surface area contributed by atoms with Crippen molar-refractivity contribution in [2.24, 2.45) is 11.7 Å². The van der Waals surface area contributed by atoms with Gasteiger partial charge in [0.05, 0.1) is 0 Å². The number of hydrogen-bond acceptors (Lipinski definition) is 3. The second kappa shape index (κ2) is 6.17. The summed E-state index contributed by atoms with van der Waals surface area (Å²) in [6.07, 6.45) is 8.96. The Morgan fingerprint density at radius 3 is 2.47 bits per heavy atom. The molecule has 1 saturated heterocycles. The number of ether oxygens (including phenoxy) is 1. The van der Waals surface area contributed by atoms with Crippen molar-refractivity contribution >= 4 is 0 Å². The van der Waals surface area contributed by atoms with Crippen LogP contribution in [0.25, 0.3) is 0 Å². The van der Waals surface area contributed by atoms with Gasteiger partial charge in [-0.25, -0.2) is 0 Å². The van der Waals surface area contributed by atoms with Crippen molar-refractivity contribution < 1.29 is 4.74 Å². The molecule has 2 N–H and O–H groups in total. The molecule has 0 unspecified atom stereocenters. The number of nitrogens with zero attached hydrogens (tertiary/aromatic N) is 1. The lowest BCUT2D eigenvalue weighted by molar-refractivity contribution is 0.0960. The summed E-state index contributed by atoms with van der Waals surface area (Å²) in [6, 6.07) is 0. The molecule has 0 amide bonds. The first-order chi connectivity index (χ1) is 8.22. The average Bonchev–Trinajstić information content (AvgIpc) is 2.76. The van der Waals surface area contributed by atoms with Crippen LogP contribution in [0.1, 0.15) is 44.9 Å². The Hall–Kier alpha value is -0.120. The Bertz CT molecular complexity index is 218. The van der Waals surface area contributed by atoms with E-state index in [1.807, 2.05) is 7.11 Å². The van der Waals surface area contributed by atoms with Crippen molar-refractivity contribution in [3.8, 4) is 0 Å². The van der Waals surface area contributed by atoms with Crippen LogP contribution in [-0.2, 0) is 4.74 Å². The van der Waals surface area contributed by atoms with Gasteiger partial charge in [-0.3, -0.25) is 0 Å². The predicted octanol–water partition coefficient (Wildman–Crippen LogP) is 2.01. The van der Waals surface area contributed by atoms with Crippen molar-refractivity contribution in [3.05, 3.63) is 0 Å². The Kier molecular flexibility index (Phi) is 4.83. The fourth-order valence-electron chi connectivity index (χ4n) is 3.32. The molecular weight excluding hydrogens is 212 g/mol. The summed E-state index contributed by atoms with van der Waals surface area (Å²) in [7, 11) is 1.81. The molecule has 1 heterocycles. The van der Waals surface area contributed by atoms with Crippen LogP contribution in [0.5, 0.6) is 0 Å². The highest BCUT2D eigenvalue weighted by Gasteiger charge is 2.30. The molecular formula is C14H28N2O. The Labute approximate surface area is 106 Å². The molecule has 3 heteroatoms. The van der Waals surface area contributed by atoms with Crippen molar-refractivity contribution in [3.63, 3.8) is 0 Å². The third-order valence-corrected chi connectivity index (χ3v) is 4.63. The highest BCUT2D eigenvalue weighted by molar-refractivity contribution is 4.90. The molecule has 2 fully saturated rings. The fourth-order valence-corrected chi connectivity index (χ4v) is 3.32. The molecule has 1 saturated carbocycles. The van der Waals surface area contributed by atoms with Gasteiger partial charge in [-0.1, -0.05) is 12.8 Å². The number of rotatable bonds is 5. The largest absolute Gasteiger partial charge is 0.384 e. The van der Waals surface area contributed by atoms with E-state index in [4.69, 9.17) is 10.5 Å². The lowest BCUT2D eigenvalue weighted by Crippen LogP contribution is -2.43. The van der Waals surface area contributed by atoms with Gasteiger partial charge in [-0.05, 0) is 57.7 Å². The van der Waals surface area contributed by atoms with E-state index in [9.17, 15) is 0 Å². The van der Waals surface area contributed by atoms with E-state index in [1.165, 1.54) is 64.6 Å². The first kappa shape index (κ1) is 13.3. The molecule has 1 aliphatic heterocycles. The minimum absolute atomic E-state index is 0.170. The van der Waals surface area contributed by atoms with E-state index >= 15 is 0 Å². The molecule has 17 heavy (non-hydrogen) atoms. The standard InChI is InChI=1S/C14H28N2O/c1-17-12-13-4-9-16(10-5-13)11-8-14(15)6-2-3-7-14/h13H,2-12,15H2,1H3. The van der Waals surface area contributed by atoms with Crippen molar-refractivity contribution in [1.82, 2.24) is 4.90 Å². The lowest BCUT2D eigenvalue weighted by Gasteiger charge is -2.34. The molecule has 2 aliphatic rings. The third kappa shape index (κ3) is 3.94. The van der Waals surface area contributed by atoms with E-state index in [2.05, 4.69) is 4.90 Å². The molecule has 0 aromatic carbocycles. The molecule has 0 aromatic rings. The fraction of sp³-hybridized carbons (Fsp3) is 1.00. The van der Waals surface area contributed by atoms with E-state index in [1.54, 1.807) is 0 Å². The van der Waals surface area contributed by atoms with Gasteiger partial charge in [0.2, 0.25) is 0 Å². The van der Waals surface area contributed by atoms with Gasteiger partial charge < -0.3 is 15.4 Å². The number of likely N-dealkylation sites (tertiary alicyclic amines) is 1. The van der Waals surface area contributed by atoms with Gasteiger partial charge >= 0.3 is 0 Å². The zero-order valence-electron chi connectivity index (χ0n) is 11.3. The zero-order chi connectivity index (χ0) is 12.1. The maximum atomic E-state index is 6.40. The van der Waals surface area contributed by atoms with Crippen molar-refractivity contribution in [1.29, 1.82) is 0 Å². The van der Waals surface area contributed by atoms with E-state index in [-0.39, 0.29) is 5.54 Å². The van der Waals surface area contributed by atoms with Gasteiger partial charge in [0, 0.05) is 19.3 Å². The summed E-state index contributed by atoms with van der Waals surface area (Å²) in [6.45, 7) is 4.62. The predicted molar refractivity (Wildman–Crippen MR) is 71.0 cm³/mol. The molecule has 2 rings (SSSR count). The summed E-state index contributed by atoms with van der Waals surface area (Å²) in [5, 5.41) is 0. The quantitative estimate of drug-likeness (QED) is 0.799. The molecule has 0 bridgehead atoms. The highest BCUT2D eigenvalue weighted by atomic mass is 16.5. The zero-order valence-corrected chi connectivity index (χ0v) is 11.3. The normalized spacial score (nSPS) is 26.5. The minimum Gasteiger partial charge on any atom is -0.384 e. The monoisotopic (exact) mass is 240 g/mol. The van der Waals surface area contributed by atoms with Gasteiger partial charge in [0.15, 0.2) is 0 Å².